The highest BCUT2D eigenvalue weighted by molar-refractivity contribution is 9.10. The van der Waals surface area contributed by atoms with Gasteiger partial charge in [-0.25, -0.2) is 19.7 Å². The fourth-order valence-corrected chi connectivity index (χ4v) is 6.39. The van der Waals surface area contributed by atoms with E-state index in [-0.39, 0.29) is 6.03 Å². The van der Waals surface area contributed by atoms with Crippen LogP contribution in [0, 0.1) is 6.92 Å². The summed E-state index contributed by atoms with van der Waals surface area (Å²) < 4.78 is 11.9. The number of urea groups is 1. The fourth-order valence-electron chi connectivity index (χ4n) is 5.71. The van der Waals surface area contributed by atoms with Gasteiger partial charge in [0.2, 0.25) is 5.95 Å². The Morgan fingerprint density at radius 1 is 1.00 bits per heavy atom. The number of aromatic nitrogens is 3. The second-order valence-corrected chi connectivity index (χ2v) is 11.7. The number of carbonyl (C=O) groups excluding carboxylic acids is 1. The Labute approximate surface area is 259 Å². The highest BCUT2D eigenvalue weighted by Crippen LogP contribution is 2.40. The zero-order valence-corrected chi connectivity index (χ0v) is 26.3. The van der Waals surface area contributed by atoms with E-state index in [9.17, 15) is 4.79 Å². The second-order valence-electron chi connectivity index (χ2n) is 10.9. The molecule has 10 nitrogen and oxygen atoms in total. The molecule has 0 unspecified atom stereocenters. The molecule has 43 heavy (non-hydrogen) atoms. The van der Waals surface area contributed by atoms with E-state index in [1.165, 1.54) is 10.5 Å². The third-order valence-electron chi connectivity index (χ3n) is 8.11. The number of carbonyl (C=O) groups is 1. The van der Waals surface area contributed by atoms with E-state index in [0.29, 0.717) is 35.8 Å². The molecule has 11 heteroatoms. The van der Waals surface area contributed by atoms with Crippen molar-refractivity contribution in [3.05, 3.63) is 82.1 Å². The number of nitrogens with one attached hydrogen (secondary N) is 1. The van der Waals surface area contributed by atoms with Crippen LogP contribution in [0.15, 0.2) is 65.4 Å². The van der Waals surface area contributed by atoms with Gasteiger partial charge >= 0.3 is 6.03 Å². The number of hydrogen-bond acceptors (Lipinski definition) is 8. The molecule has 2 amide bonds. The molecule has 2 aliphatic heterocycles. The van der Waals surface area contributed by atoms with Gasteiger partial charge in [0.05, 0.1) is 38.3 Å². The lowest BCUT2D eigenvalue weighted by Crippen LogP contribution is -2.46. The zero-order valence-electron chi connectivity index (χ0n) is 24.7. The SMILES string of the molecule is COc1ccc(N2C(=O)N(c3c(C)cccc3Br)Cc3cnc(Nc4ccc(C5CCN(C)CC5)cc4OC)nc32)nc1. The molecular formula is C32H34BrN7O3. The molecule has 1 fully saturated rings. The van der Waals surface area contributed by atoms with Gasteiger partial charge in [0.1, 0.15) is 17.3 Å². The summed E-state index contributed by atoms with van der Waals surface area (Å²) in [5.74, 6) is 3.05. The van der Waals surface area contributed by atoms with Crippen LogP contribution in [-0.2, 0) is 6.54 Å². The number of hydrogen-bond donors (Lipinski definition) is 1. The zero-order chi connectivity index (χ0) is 30.1. The van der Waals surface area contributed by atoms with Crippen molar-refractivity contribution in [3.63, 3.8) is 0 Å². The molecular weight excluding hydrogens is 610 g/mol. The van der Waals surface area contributed by atoms with Crippen molar-refractivity contribution in [2.24, 2.45) is 0 Å². The summed E-state index contributed by atoms with van der Waals surface area (Å²) in [5.41, 5.74) is 4.55. The first kappa shape index (κ1) is 28.9. The predicted octanol–water partition coefficient (Wildman–Crippen LogP) is 6.79. The first-order valence-electron chi connectivity index (χ1n) is 14.2. The molecule has 6 rings (SSSR count). The monoisotopic (exact) mass is 643 g/mol. The number of methoxy groups -OCH3 is 2. The van der Waals surface area contributed by atoms with Gasteiger partial charge in [-0.3, -0.25) is 4.90 Å². The van der Waals surface area contributed by atoms with Crippen LogP contribution in [0.25, 0.3) is 0 Å². The minimum absolute atomic E-state index is 0.273. The summed E-state index contributed by atoms with van der Waals surface area (Å²) >= 11 is 3.64. The third-order valence-corrected chi connectivity index (χ3v) is 8.75. The first-order valence-corrected chi connectivity index (χ1v) is 15.0. The van der Waals surface area contributed by atoms with Gasteiger partial charge in [0.25, 0.3) is 0 Å². The highest BCUT2D eigenvalue weighted by atomic mass is 79.9. The largest absolute Gasteiger partial charge is 0.495 e. The number of amides is 2. The highest BCUT2D eigenvalue weighted by Gasteiger charge is 2.36. The van der Waals surface area contributed by atoms with E-state index in [2.05, 4.69) is 55.3 Å². The molecule has 0 aliphatic carbocycles. The van der Waals surface area contributed by atoms with Crippen LogP contribution in [0.3, 0.4) is 0 Å². The van der Waals surface area contributed by atoms with Crippen LogP contribution < -0.4 is 24.6 Å². The van der Waals surface area contributed by atoms with Gasteiger partial charge < -0.3 is 19.7 Å². The quantitative estimate of drug-likeness (QED) is 0.235. The van der Waals surface area contributed by atoms with E-state index < -0.39 is 0 Å². The summed E-state index contributed by atoms with van der Waals surface area (Å²) in [5, 5.41) is 3.32. The minimum Gasteiger partial charge on any atom is -0.495 e. The Morgan fingerprint density at radius 3 is 2.51 bits per heavy atom. The Bertz CT molecular complexity index is 1620. The molecule has 1 N–H and O–H groups in total. The van der Waals surface area contributed by atoms with E-state index in [0.717, 1.165) is 58.7 Å². The molecule has 4 aromatic rings. The van der Waals surface area contributed by atoms with Crippen LogP contribution in [0.1, 0.15) is 35.4 Å². The van der Waals surface area contributed by atoms with Crippen LogP contribution in [0.5, 0.6) is 11.5 Å². The molecule has 2 aliphatic rings. The van der Waals surface area contributed by atoms with Crippen molar-refractivity contribution in [2.75, 3.05) is 49.5 Å². The standard InChI is InChI=1S/C32H34BrN7O3/c1-20-6-5-7-25(33)29(20)39-19-23-17-35-31(37-30(23)40(32(39)41)28-11-9-24(42-3)18-34-28)36-26-10-8-22(16-27(26)43-4)21-12-14-38(2)15-13-21/h5-11,16-18,21H,12-15,19H2,1-4H3,(H,35,36,37). The molecule has 0 atom stereocenters. The number of fused-ring (bicyclic) bond motifs is 1. The summed E-state index contributed by atoms with van der Waals surface area (Å²) in [7, 11) is 5.41. The van der Waals surface area contributed by atoms with Crippen LogP contribution in [0.4, 0.5) is 33.8 Å². The molecule has 2 aromatic carbocycles. The smallest absolute Gasteiger partial charge is 0.336 e. The van der Waals surface area contributed by atoms with Gasteiger partial charge in [0, 0.05) is 16.2 Å². The summed E-state index contributed by atoms with van der Waals surface area (Å²) in [6, 6.07) is 15.4. The Balaban J connectivity index is 1.36. The van der Waals surface area contributed by atoms with Gasteiger partial charge in [-0.1, -0.05) is 18.2 Å². The average molecular weight is 645 g/mol. The molecule has 4 heterocycles. The van der Waals surface area contributed by atoms with Crippen molar-refractivity contribution in [3.8, 4) is 11.5 Å². The number of nitrogens with zero attached hydrogens (tertiary/aromatic N) is 6. The number of halogens is 1. The number of anilines is 5. The number of para-hydroxylation sites is 1. The van der Waals surface area contributed by atoms with Gasteiger partial charge in [-0.15, -0.1) is 0 Å². The number of pyridine rings is 1. The average Bonchev–Trinajstić information content (AvgIpc) is 3.02. The lowest BCUT2D eigenvalue weighted by molar-refractivity contribution is 0.252. The van der Waals surface area contributed by atoms with Gasteiger partial charge in [-0.2, -0.15) is 4.98 Å². The van der Waals surface area contributed by atoms with Crippen LogP contribution in [-0.4, -0.2) is 60.2 Å². The van der Waals surface area contributed by atoms with E-state index >= 15 is 0 Å². The Morgan fingerprint density at radius 2 is 1.81 bits per heavy atom. The summed E-state index contributed by atoms with van der Waals surface area (Å²) in [4.78, 5) is 33.8. The van der Waals surface area contributed by atoms with Crippen LogP contribution in [0.2, 0.25) is 0 Å². The van der Waals surface area contributed by atoms with Gasteiger partial charge in [-0.05, 0) is 103 Å². The number of likely N-dealkylation sites (tertiary alicyclic amines) is 1. The van der Waals surface area contributed by atoms with E-state index in [4.69, 9.17) is 14.5 Å². The van der Waals surface area contributed by atoms with Crippen molar-refractivity contribution in [1.82, 2.24) is 19.9 Å². The van der Waals surface area contributed by atoms with Crippen molar-refractivity contribution >= 4 is 50.9 Å². The molecule has 0 spiro atoms. The van der Waals surface area contributed by atoms with Crippen molar-refractivity contribution in [1.29, 1.82) is 0 Å². The Kier molecular flexibility index (Phi) is 8.18. The predicted molar refractivity (Wildman–Crippen MR) is 171 cm³/mol. The van der Waals surface area contributed by atoms with Crippen molar-refractivity contribution in [2.45, 2.75) is 32.2 Å². The summed E-state index contributed by atoms with van der Waals surface area (Å²) in [6.45, 7) is 4.46. The minimum atomic E-state index is -0.273. The number of benzene rings is 2. The topological polar surface area (TPSA) is 96.0 Å². The maximum absolute atomic E-state index is 14.2. The van der Waals surface area contributed by atoms with Gasteiger partial charge in [0.15, 0.2) is 5.82 Å². The van der Waals surface area contributed by atoms with E-state index in [1.807, 2.05) is 31.2 Å². The molecule has 0 saturated carbocycles. The van der Waals surface area contributed by atoms with Crippen LogP contribution >= 0.6 is 15.9 Å². The lowest BCUT2D eigenvalue weighted by Gasteiger charge is -2.36. The number of rotatable bonds is 7. The first-order chi connectivity index (χ1) is 20.9. The van der Waals surface area contributed by atoms with E-state index in [1.54, 1.807) is 43.6 Å². The number of aryl methyl sites for hydroxylation is 1. The molecule has 0 radical (unpaired) electrons. The second kappa shape index (κ2) is 12.2. The molecule has 0 bridgehead atoms. The maximum atomic E-state index is 14.2. The number of ether oxygens (including phenoxy) is 2. The molecule has 1 saturated heterocycles. The third kappa shape index (κ3) is 5.74. The molecule has 2 aromatic heterocycles. The number of piperidine rings is 1. The molecule has 222 valence electrons. The summed E-state index contributed by atoms with van der Waals surface area (Å²) in [6.07, 6.45) is 5.59. The van der Waals surface area contributed by atoms with Crippen molar-refractivity contribution < 1.29 is 14.3 Å². The Hall–Kier alpha value is -4.22. The maximum Gasteiger partial charge on any atom is 0.336 e. The fraction of sp³-hybridized carbons (Fsp3) is 0.312. The normalized spacial score (nSPS) is 15.8. The lowest BCUT2D eigenvalue weighted by atomic mass is 9.89.